The van der Waals surface area contributed by atoms with E-state index in [0.29, 0.717) is 0 Å². The molecular weight excluding hydrogens is 280 g/mol. The van der Waals surface area contributed by atoms with Crippen LogP contribution in [-0.4, -0.2) is 12.5 Å². The number of fused-ring (bicyclic) bond motifs is 1. The summed E-state index contributed by atoms with van der Waals surface area (Å²) in [6.45, 7) is 4.37. The molecule has 0 bridgehead atoms. The van der Waals surface area contributed by atoms with Gasteiger partial charge in [0.2, 0.25) is 5.91 Å². The van der Waals surface area contributed by atoms with Crippen molar-refractivity contribution in [2.75, 3.05) is 11.4 Å². The average molecular weight is 297 g/mol. The second-order valence-corrected chi connectivity index (χ2v) is 5.42. The first-order valence-electron chi connectivity index (χ1n) is 5.86. The predicted molar refractivity (Wildman–Crippen MR) is 73.1 cm³/mol. The summed E-state index contributed by atoms with van der Waals surface area (Å²) in [6.07, 6.45) is 2.05. The van der Waals surface area contributed by atoms with Crippen LogP contribution in [0.4, 0.5) is 5.69 Å². The molecule has 1 amide bonds. The predicted octanol–water partition coefficient (Wildman–Crippen LogP) is 2.77. The van der Waals surface area contributed by atoms with E-state index in [9.17, 15) is 4.79 Å². The number of amides is 1. The zero-order valence-electron chi connectivity index (χ0n) is 10.2. The lowest BCUT2D eigenvalue weighted by molar-refractivity contribution is -0.116. The maximum Gasteiger partial charge on any atom is 0.223 e. The minimum atomic E-state index is -0.0367. The molecule has 2 rings (SSSR count). The Labute approximate surface area is 110 Å². The molecule has 0 saturated carbocycles. The Kier molecular flexibility index (Phi) is 3.54. The first kappa shape index (κ1) is 12.6. The summed E-state index contributed by atoms with van der Waals surface area (Å²) < 4.78 is 1.04. The summed E-state index contributed by atoms with van der Waals surface area (Å²) in [5.41, 5.74) is 9.24. The van der Waals surface area contributed by atoms with Crippen LogP contribution in [0.1, 0.15) is 37.4 Å². The number of hydrogen-bond donors (Lipinski definition) is 1. The maximum atomic E-state index is 11.6. The molecule has 2 N–H and O–H groups in total. The van der Waals surface area contributed by atoms with Gasteiger partial charge in [0, 0.05) is 29.7 Å². The molecule has 3 nitrogen and oxygen atoms in total. The Morgan fingerprint density at radius 3 is 2.82 bits per heavy atom. The van der Waals surface area contributed by atoms with E-state index in [0.717, 1.165) is 35.1 Å². The largest absolute Gasteiger partial charge is 0.324 e. The van der Waals surface area contributed by atoms with Crippen molar-refractivity contribution in [3.05, 3.63) is 27.7 Å². The zero-order valence-corrected chi connectivity index (χ0v) is 11.8. The minimum absolute atomic E-state index is 0.0367. The van der Waals surface area contributed by atoms with E-state index >= 15 is 0 Å². The fourth-order valence-corrected chi connectivity index (χ4v) is 3.05. The van der Waals surface area contributed by atoms with Crippen molar-refractivity contribution in [1.29, 1.82) is 0 Å². The van der Waals surface area contributed by atoms with Crippen molar-refractivity contribution in [1.82, 2.24) is 0 Å². The summed E-state index contributed by atoms with van der Waals surface area (Å²) in [5, 5.41) is 0. The van der Waals surface area contributed by atoms with Gasteiger partial charge in [-0.1, -0.05) is 15.9 Å². The van der Waals surface area contributed by atoms with E-state index in [-0.39, 0.29) is 11.9 Å². The van der Waals surface area contributed by atoms with Crippen LogP contribution in [0.5, 0.6) is 0 Å². The highest BCUT2D eigenvalue weighted by Crippen LogP contribution is 2.34. The van der Waals surface area contributed by atoms with Gasteiger partial charge in [0.05, 0.1) is 0 Å². The van der Waals surface area contributed by atoms with Crippen molar-refractivity contribution in [3.8, 4) is 0 Å². The second-order valence-electron chi connectivity index (χ2n) is 4.57. The fraction of sp³-hybridized carbons (Fsp3) is 0.462. The van der Waals surface area contributed by atoms with Gasteiger partial charge in [0.1, 0.15) is 0 Å². The normalized spacial score (nSPS) is 16.6. The van der Waals surface area contributed by atoms with Crippen molar-refractivity contribution in [3.63, 3.8) is 0 Å². The van der Waals surface area contributed by atoms with Crippen molar-refractivity contribution < 1.29 is 4.79 Å². The third-order valence-corrected chi connectivity index (χ3v) is 3.87. The highest BCUT2D eigenvalue weighted by Gasteiger charge is 2.22. The lowest BCUT2D eigenvalue weighted by Crippen LogP contribution is -2.33. The molecule has 1 aromatic carbocycles. The minimum Gasteiger partial charge on any atom is -0.324 e. The first-order valence-corrected chi connectivity index (χ1v) is 6.66. The quantitative estimate of drug-likeness (QED) is 0.866. The number of hydrogen-bond acceptors (Lipinski definition) is 2. The van der Waals surface area contributed by atoms with Gasteiger partial charge in [-0.05, 0) is 43.0 Å². The Morgan fingerprint density at radius 1 is 1.53 bits per heavy atom. The monoisotopic (exact) mass is 296 g/mol. The summed E-state index contributed by atoms with van der Waals surface area (Å²) in [4.78, 5) is 13.5. The lowest BCUT2D eigenvalue weighted by Gasteiger charge is -2.30. The van der Waals surface area contributed by atoms with Gasteiger partial charge >= 0.3 is 0 Å². The summed E-state index contributed by atoms with van der Waals surface area (Å²) in [6, 6.07) is 4.11. The van der Waals surface area contributed by atoms with Crippen molar-refractivity contribution in [2.45, 2.75) is 32.7 Å². The van der Waals surface area contributed by atoms with Crippen LogP contribution in [0.15, 0.2) is 16.6 Å². The highest BCUT2D eigenvalue weighted by molar-refractivity contribution is 9.10. The molecule has 0 fully saturated rings. The molecule has 17 heavy (non-hydrogen) atoms. The summed E-state index contributed by atoms with van der Waals surface area (Å²) >= 11 is 3.55. The molecular formula is C13H17BrN2O. The molecule has 0 radical (unpaired) electrons. The zero-order chi connectivity index (χ0) is 12.6. The van der Waals surface area contributed by atoms with Gasteiger partial charge < -0.3 is 10.6 Å². The van der Waals surface area contributed by atoms with E-state index in [1.807, 2.05) is 17.9 Å². The molecule has 1 aliphatic rings. The van der Waals surface area contributed by atoms with E-state index in [4.69, 9.17) is 5.73 Å². The smallest absolute Gasteiger partial charge is 0.223 e. The van der Waals surface area contributed by atoms with Crippen LogP contribution in [0.2, 0.25) is 0 Å². The van der Waals surface area contributed by atoms with Crippen LogP contribution < -0.4 is 10.6 Å². The summed E-state index contributed by atoms with van der Waals surface area (Å²) in [5.74, 6) is 0.101. The molecule has 0 aliphatic carbocycles. The van der Waals surface area contributed by atoms with Crippen LogP contribution in [0.3, 0.4) is 0 Å². The summed E-state index contributed by atoms with van der Waals surface area (Å²) in [7, 11) is 0. The number of aryl methyl sites for hydroxylation is 1. The number of rotatable bonds is 1. The molecule has 0 aromatic heterocycles. The SMILES string of the molecule is CC(=O)N1CCCc2cc(Br)c([C@@H](C)N)cc21. The molecule has 1 heterocycles. The molecule has 1 aromatic rings. The Hall–Kier alpha value is -0.870. The Morgan fingerprint density at radius 2 is 2.24 bits per heavy atom. The molecule has 92 valence electrons. The van der Waals surface area contributed by atoms with E-state index < -0.39 is 0 Å². The van der Waals surface area contributed by atoms with Crippen LogP contribution in [0, 0.1) is 0 Å². The Bertz CT molecular complexity index is 457. The van der Waals surface area contributed by atoms with Gasteiger partial charge in [-0.25, -0.2) is 0 Å². The number of carbonyl (C=O) groups is 1. The lowest BCUT2D eigenvalue weighted by atomic mass is 9.97. The van der Waals surface area contributed by atoms with Gasteiger partial charge in [-0.2, -0.15) is 0 Å². The molecule has 0 unspecified atom stereocenters. The number of halogens is 1. The number of nitrogens with zero attached hydrogens (tertiary/aromatic N) is 1. The number of carbonyl (C=O) groups excluding carboxylic acids is 1. The van der Waals surface area contributed by atoms with Gasteiger partial charge in [-0.15, -0.1) is 0 Å². The van der Waals surface area contributed by atoms with E-state index in [1.165, 1.54) is 5.56 Å². The van der Waals surface area contributed by atoms with Crippen LogP contribution >= 0.6 is 15.9 Å². The standard InChI is InChI=1S/C13H17BrN2O/c1-8(15)11-7-13-10(6-12(11)14)4-3-5-16(13)9(2)17/h6-8H,3-5,15H2,1-2H3/t8-/m1/s1. The van der Waals surface area contributed by atoms with Crippen LogP contribution in [0.25, 0.3) is 0 Å². The highest BCUT2D eigenvalue weighted by atomic mass is 79.9. The van der Waals surface area contributed by atoms with Crippen LogP contribution in [-0.2, 0) is 11.2 Å². The second kappa shape index (κ2) is 4.78. The van der Waals surface area contributed by atoms with E-state index in [1.54, 1.807) is 6.92 Å². The molecule has 1 atom stereocenters. The molecule has 0 spiro atoms. The molecule has 4 heteroatoms. The fourth-order valence-electron chi connectivity index (χ4n) is 2.29. The molecule has 1 aliphatic heterocycles. The number of anilines is 1. The number of benzene rings is 1. The number of nitrogens with two attached hydrogens (primary N) is 1. The van der Waals surface area contributed by atoms with Gasteiger partial charge in [0.15, 0.2) is 0 Å². The topological polar surface area (TPSA) is 46.3 Å². The van der Waals surface area contributed by atoms with E-state index in [2.05, 4.69) is 22.0 Å². The average Bonchev–Trinajstić information content (AvgIpc) is 2.26. The van der Waals surface area contributed by atoms with Gasteiger partial charge in [-0.3, -0.25) is 4.79 Å². The third kappa shape index (κ3) is 2.38. The van der Waals surface area contributed by atoms with Gasteiger partial charge in [0.25, 0.3) is 0 Å². The molecule has 0 saturated heterocycles. The first-order chi connectivity index (χ1) is 8.00. The van der Waals surface area contributed by atoms with Crippen molar-refractivity contribution >= 4 is 27.5 Å². The third-order valence-electron chi connectivity index (χ3n) is 3.19. The van der Waals surface area contributed by atoms with Crippen molar-refractivity contribution in [2.24, 2.45) is 5.73 Å². The maximum absolute atomic E-state index is 11.6. The Balaban J connectivity index is 2.53.